The Morgan fingerprint density at radius 2 is 1.53 bits per heavy atom. The van der Waals surface area contributed by atoms with Crippen LogP contribution in [0.2, 0.25) is 0 Å². The second-order valence-corrected chi connectivity index (χ2v) is 8.87. The minimum atomic E-state index is -4.60. The van der Waals surface area contributed by atoms with E-state index in [0.29, 0.717) is 5.69 Å². The highest BCUT2D eigenvalue weighted by atomic mass is 32.2. The number of nitrogens with zero attached hydrogens (tertiary/aromatic N) is 2. The fourth-order valence-electron chi connectivity index (χ4n) is 4.43. The number of rotatable bonds is 4. The van der Waals surface area contributed by atoms with Gasteiger partial charge >= 0.3 is 6.18 Å². The summed E-state index contributed by atoms with van der Waals surface area (Å²) in [5.41, 5.74) is 0.382. The maximum absolute atomic E-state index is 13.6. The lowest BCUT2D eigenvalue weighted by molar-refractivity contribution is -0.137. The Morgan fingerprint density at radius 3 is 2.18 bits per heavy atom. The van der Waals surface area contributed by atoms with Crippen LogP contribution < -0.4 is 9.96 Å². The van der Waals surface area contributed by atoms with Gasteiger partial charge in [0.1, 0.15) is 5.92 Å². The second-order valence-electron chi connectivity index (χ2n) is 7.99. The monoisotopic (exact) mass is 484 g/mol. The number of halogens is 3. The van der Waals surface area contributed by atoms with Crippen molar-refractivity contribution in [3.05, 3.63) is 90.0 Å². The number of thioether (sulfide) groups is 1. The number of benzene rings is 3. The van der Waals surface area contributed by atoms with Gasteiger partial charge in [0.2, 0.25) is 5.91 Å². The Kier molecular flexibility index (Phi) is 5.61. The van der Waals surface area contributed by atoms with Crippen molar-refractivity contribution in [2.45, 2.75) is 23.2 Å². The summed E-state index contributed by atoms with van der Waals surface area (Å²) in [7, 11) is 0. The highest BCUT2D eigenvalue weighted by molar-refractivity contribution is 7.98. The molecule has 2 saturated heterocycles. The normalized spacial score (nSPS) is 22.4. The maximum atomic E-state index is 13.6. The topological polar surface area (TPSA) is 49.9 Å². The number of imide groups is 1. The number of carbonyl (C=O) groups excluding carboxylic acids is 2. The average molecular weight is 484 g/mol. The summed E-state index contributed by atoms with van der Waals surface area (Å²) >= 11 is 1.57. The van der Waals surface area contributed by atoms with Gasteiger partial charge in [-0.2, -0.15) is 13.2 Å². The number of fused-ring (bicyclic) bond motifs is 1. The summed E-state index contributed by atoms with van der Waals surface area (Å²) in [4.78, 5) is 34.7. The number of hydrogen-bond donors (Lipinski definition) is 0. The predicted molar refractivity (Wildman–Crippen MR) is 122 cm³/mol. The minimum absolute atomic E-state index is 0.120. The van der Waals surface area contributed by atoms with Crippen molar-refractivity contribution in [3.8, 4) is 0 Å². The molecule has 5 rings (SSSR count). The smallest absolute Gasteiger partial charge is 0.273 e. The molecule has 3 aromatic carbocycles. The predicted octanol–water partition coefficient (Wildman–Crippen LogP) is 5.48. The highest BCUT2D eigenvalue weighted by Crippen LogP contribution is 2.48. The van der Waals surface area contributed by atoms with E-state index in [-0.39, 0.29) is 5.69 Å². The third-order valence-corrected chi connectivity index (χ3v) is 6.76. The summed E-state index contributed by atoms with van der Waals surface area (Å²) < 4.78 is 39.7. The maximum Gasteiger partial charge on any atom is 0.416 e. The van der Waals surface area contributed by atoms with Crippen LogP contribution in [-0.4, -0.2) is 24.2 Å². The van der Waals surface area contributed by atoms with Crippen LogP contribution in [0.1, 0.15) is 17.2 Å². The van der Waals surface area contributed by atoms with Gasteiger partial charge in [0, 0.05) is 4.90 Å². The first kappa shape index (κ1) is 22.5. The van der Waals surface area contributed by atoms with Crippen molar-refractivity contribution in [2.24, 2.45) is 5.92 Å². The Morgan fingerprint density at radius 1 is 0.853 bits per heavy atom. The largest absolute Gasteiger partial charge is 0.416 e. The standard InChI is InChI=1S/C25H19F3N2O3S/c1-34-19-12-10-15(11-13-19)21-20-22(33-30(21)17-7-3-2-4-8-17)24(32)29(23(20)31)18-9-5-6-16(14-18)25(26,27)28/h2-14,20-22H,1H3/t20-,21+,22-/m0/s1. The number of alkyl halides is 3. The van der Waals surface area contributed by atoms with E-state index in [2.05, 4.69) is 0 Å². The van der Waals surface area contributed by atoms with Gasteiger partial charge in [-0.1, -0.05) is 36.4 Å². The van der Waals surface area contributed by atoms with Crippen LogP contribution in [0.5, 0.6) is 0 Å². The van der Waals surface area contributed by atoms with E-state index in [1.165, 1.54) is 12.1 Å². The van der Waals surface area contributed by atoms with Crippen LogP contribution in [0, 0.1) is 5.92 Å². The van der Waals surface area contributed by atoms with E-state index < -0.39 is 41.6 Å². The quantitative estimate of drug-likeness (QED) is 0.363. The summed E-state index contributed by atoms with van der Waals surface area (Å²) in [6, 6.07) is 20.3. The zero-order chi connectivity index (χ0) is 24.0. The minimum Gasteiger partial charge on any atom is -0.273 e. The molecule has 2 fully saturated rings. The van der Waals surface area contributed by atoms with E-state index >= 15 is 0 Å². The number of amides is 2. The fraction of sp³-hybridized carbons (Fsp3) is 0.200. The Labute approximate surface area is 198 Å². The lowest BCUT2D eigenvalue weighted by Gasteiger charge is -2.29. The van der Waals surface area contributed by atoms with Crippen LogP contribution in [-0.2, 0) is 20.6 Å². The molecule has 5 nitrogen and oxygen atoms in total. The van der Waals surface area contributed by atoms with Gasteiger partial charge in [-0.3, -0.25) is 14.4 Å². The van der Waals surface area contributed by atoms with Crippen LogP contribution in [0.25, 0.3) is 0 Å². The number of carbonyl (C=O) groups is 2. The van der Waals surface area contributed by atoms with Gasteiger partial charge in [-0.15, -0.1) is 11.8 Å². The fourth-order valence-corrected chi connectivity index (χ4v) is 4.84. The molecular weight excluding hydrogens is 465 g/mol. The van der Waals surface area contributed by atoms with Crippen molar-refractivity contribution < 1.29 is 27.6 Å². The van der Waals surface area contributed by atoms with E-state index in [0.717, 1.165) is 27.5 Å². The zero-order valence-corrected chi connectivity index (χ0v) is 18.7. The Bertz CT molecular complexity index is 1230. The number of anilines is 2. The first-order valence-corrected chi connectivity index (χ1v) is 11.7. The van der Waals surface area contributed by atoms with Crippen molar-refractivity contribution in [1.29, 1.82) is 0 Å². The lowest BCUT2D eigenvalue weighted by Crippen LogP contribution is -2.37. The molecular formula is C25H19F3N2O3S. The SMILES string of the molecule is CSc1ccc([C@@H]2[C@@H]3C(=O)N(c4cccc(C(F)(F)F)c4)C(=O)[C@H]3ON2c2ccccc2)cc1. The Hall–Kier alpha value is -3.30. The first-order valence-electron chi connectivity index (χ1n) is 10.5. The van der Waals surface area contributed by atoms with Crippen molar-refractivity contribution in [3.63, 3.8) is 0 Å². The zero-order valence-electron chi connectivity index (χ0n) is 17.9. The summed E-state index contributed by atoms with van der Waals surface area (Å²) in [5.74, 6) is -2.19. The molecule has 2 aliphatic rings. The molecule has 2 heterocycles. The lowest BCUT2D eigenvalue weighted by atomic mass is 9.90. The molecule has 2 amide bonds. The van der Waals surface area contributed by atoms with E-state index in [1.807, 2.05) is 60.9 Å². The van der Waals surface area contributed by atoms with Crippen molar-refractivity contribution in [1.82, 2.24) is 0 Å². The summed E-state index contributed by atoms with van der Waals surface area (Å²) in [5, 5.41) is 1.56. The van der Waals surface area contributed by atoms with Gasteiger partial charge in [-0.05, 0) is 54.3 Å². The van der Waals surface area contributed by atoms with Crippen molar-refractivity contribution in [2.75, 3.05) is 16.2 Å². The first-order chi connectivity index (χ1) is 16.3. The van der Waals surface area contributed by atoms with Gasteiger partial charge in [0.25, 0.3) is 5.91 Å². The molecule has 0 spiro atoms. The molecule has 0 aliphatic carbocycles. The van der Waals surface area contributed by atoms with E-state index in [9.17, 15) is 22.8 Å². The van der Waals surface area contributed by atoms with E-state index in [1.54, 1.807) is 16.8 Å². The average Bonchev–Trinajstić information content (AvgIpc) is 3.35. The molecule has 2 aliphatic heterocycles. The number of hydroxylamine groups is 1. The molecule has 0 radical (unpaired) electrons. The van der Waals surface area contributed by atoms with Crippen molar-refractivity contribution >= 4 is 35.0 Å². The molecule has 0 aromatic heterocycles. The molecule has 0 bridgehead atoms. The molecule has 0 saturated carbocycles. The highest BCUT2D eigenvalue weighted by Gasteiger charge is 2.60. The third kappa shape index (κ3) is 3.74. The molecule has 3 aromatic rings. The number of hydrogen-bond acceptors (Lipinski definition) is 5. The molecule has 9 heteroatoms. The summed E-state index contributed by atoms with van der Waals surface area (Å²) in [6.07, 6.45) is -3.79. The second kappa shape index (κ2) is 8.48. The van der Waals surface area contributed by atoms with Gasteiger partial charge in [-0.25, -0.2) is 9.96 Å². The summed E-state index contributed by atoms with van der Waals surface area (Å²) in [6.45, 7) is 0. The van der Waals surface area contributed by atoms with Gasteiger partial charge in [0.15, 0.2) is 6.10 Å². The van der Waals surface area contributed by atoms with Gasteiger partial charge < -0.3 is 0 Å². The van der Waals surface area contributed by atoms with Crippen LogP contribution in [0.4, 0.5) is 24.5 Å². The third-order valence-electron chi connectivity index (χ3n) is 6.02. The number of para-hydroxylation sites is 1. The molecule has 174 valence electrons. The molecule has 0 N–H and O–H groups in total. The molecule has 34 heavy (non-hydrogen) atoms. The molecule has 0 unspecified atom stereocenters. The molecule has 3 atom stereocenters. The van der Waals surface area contributed by atoms with Crippen LogP contribution in [0.3, 0.4) is 0 Å². The Balaban J connectivity index is 1.56. The van der Waals surface area contributed by atoms with E-state index in [4.69, 9.17) is 4.84 Å². The van der Waals surface area contributed by atoms with Crippen LogP contribution in [0.15, 0.2) is 83.8 Å². The van der Waals surface area contributed by atoms with Crippen LogP contribution >= 0.6 is 11.8 Å². The van der Waals surface area contributed by atoms with Gasteiger partial charge in [0.05, 0.1) is 23.0 Å².